The highest BCUT2D eigenvalue weighted by Gasteiger charge is 2.09. The van der Waals surface area contributed by atoms with Crippen LogP contribution in [0.3, 0.4) is 0 Å². The van der Waals surface area contributed by atoms with E-state index in [1.54, 1.807) is 12.1 Å². The van der Waals surface area contributed by atoms with Gasteiger partial charge in [0.05, 0.1) is 4.21 Å². The number of aryl methyl sites for hydroxylation is 2. The highest BCUT2D eigenvalue weighted by atomic mass is 32.2. The minimum Gasteiger partial charge on any atom is -0.768 e. The maximum Gasteiger partial charge on any atom is 0.251 e. The van der Waals surface area contributed by atoms with Crippen molar-refractivity contribution in [2.24, 2.45) is 0 Å². The van der Waals surface area contributed by atoms with E-state index in [2.05, 4.69) is 4.98 Å². The van der Waals surface area contributed by atoms with E-state index in [4.69, 9.17) is 0 Å². The van der Waals surface area contributed by atoms with E-state index < -0.39 is 11.1 Å². The maximum absolute atomic E-state index is 11.6. The van der Waals surface area contributed by atoms with E-state index in [0.717, 1.165) is 16.1 Å². The quantitative estimate of drug-likeness (QED) is 0.877. The highest BCUT2D eigenvalue weighted by Crippen LogP contribution is 2.31. The lowest BCUT2D eigenvalue weighted by atomic mass is 10.1. The second kappa shape index (κ2) is 5.17. The number of hydrogen-bond acceptors (Lipinski definition) is 4. The van der Waals surface area contributed by atoms with Gasteiger partial charge in [0.1, 0.15) is 0 Å². The third kappa shape index (κ3) is 2.45. The summed E-state index contributed by atoms with van der Waals surface area (Å²) < 4.78 is 22.0. The highest BCUT2D eigenvalue weighted by molar-refractivity contribution is 7.81. The Labute approximate surface area is 111 Å². The average Bonchev–Trinajstić information content (AvgIpc) is 2.78. The first-order valence-corrected chi connectivity index (χ1v) is 7.34. The van der Waals surface area contributed by atoms with Crippen LogP contribution in [-0.4, -0.2) is 13.7 Å². The first-order valence-electron chi connectivity index (χ1n) is 5.45. The van der Waals surface area contributed by atoms with Crippen molar-refractivity contribution in [1.82, 2.24) is 4.98 Å². The van der Waals surface area contributed by atoms with E-state index in [1.165, 1.54) is 11.3 Å². The molecule has 0 aromatic carbocycles. The molecule has 1 unspecified atom stereocenters. The Balaban J connectivity index is 2.55. The van der Waals surface area contributed by atoms with Crippen molar-refractivity contribution >= 4 is 22.4 Å². The summed E-state index contributed by atoms with van der Waals surface area (Å²) in [6.45, 7) is 3.72. The molecular weight excluding hydrogens is 270 g/mol. The van der Waals surface area contributed by atoms with Gasteiger partial charge in [-0.1, -0.05) is 6.92 Å². The molecule has 2 aromatic heterocycles. The number of hydrogen-bond donors (Lipinski definition) is 1. The SMILES string of the molecule is CCc1cc(-c2ccc(S(=O)[O-])s2)c(C)[nH]c1=O. The van der Waals surface area contributed by atoms with Crippen molar-refractivity contribution in [3.63, 3.8) is 0 Å². The van der Waals surface area contributed by atoms with Gasteiger partial charge in [-0.2, -0.15) is 0 Å². The summed E-state index contributed by atoms with van der Waals surface area (Å²) in [5.41, 5.74) is 2.26. The summed E-state index contributed by atoms with van der Waals surface area (Å²) in [6.07, 6.45) is 0.647. The lowest BCUT2D eigenvalue weighted by Gasteiger charge is -2.05. The van der Waals surface area contributed by atoms with Crippen molar-refractivity contribution in [1.29, 1.82) is 0 Å². The molecule has 0 saturated heterocycles. The molecule has 0 bridgehead atoms. The van der Waals surface area contributed by atoms with Crippen LogP contribution in [0, 0.1) is 6.92 Å². The number of aromatic amines is 1. The number of H-pyrrole nitrogens is 1. The van der Waals surface area contributed by atoms with Gasteiger partial charge in [0.15, 0.2) is 0 Å². The Hall–Kier alpha value is -1.24. The van der Waals surface area contributed by atoms with Crippen molar-refractivity contribution in [2.45, 2.75) is 24.5 Å². The number of aromatic nitrogens is 1. The standard InChI is InChI=1S/C12H13NO3S2/c1-3-8-6-9(7(2)13-12(8)14)10-4-5-11(17-10)18(15)16/h4-6H,3H2,1-2H3,(H,13,14)(H,15,16)/p-1. The van der Waals surface area contributed by atoms with E-state index >= 15 is 0 Å². The third-order valence-corrected chi connectivity index (χ3v) is 4.74. The topological polar surface area (TPSA) is 73.0 Å². The van der Waals surface area contributed by atoms with Gasteiger partial charge < -0.3 is 9.54 Å². The average molecular weight is 282 g/mol. The Morgan fingerprint density at radius 2 is 2.17 bits per heavy atom. The largest absolute Gasteiger partial charge is 0.768 e. The summed E-state index contributed by atoms with van der Waals surface area (Å²) in [7, 11) is 0. The lowest BCUT2D eigenvalue weighted by Crippen LogP contribution is -2.13. The summed E-state index contributed by atoms with van der Waals surface area (Å²) in [4.78, 5) is 15.3. The fourth-order valence-corrected chi connectivity index (χ4v) is 3.27. The van der Waals surface area contributed by atoms with E-state index in [1.807, 2.05) is 19.9 Å². The van der Waals surface area contributed by atoms with Crippen LogP contribution in [0.4, 0.5) is 0 Å². The molecule has 6 heteroatoms. The van der Waals surface area contributed by atoms with Gasteiger partial charge >= 0.3 is 0 Å². The Kier molecular flexibility index (Phi) is 3.79. The molecule has 2 rings (SSSR count). The Bertz CT molecular complexity index is 658. The molecule has 18 heavy (non-hydrogen) atoms. The second-order valence-electron chi connectivity index (χ2n) is 3.87. The molecule has 1 N–H and O–H groups in total. The van der Waals surface area contributed by atoms with Crippen molar-refractivity contribution in [2.75, 3.05) is 0 Å². The minimum atomic E-state index is -2.20. The van der Waals surface area contributed by atoms with Crippen molar-refractivity contribution < 1.29 is 8.76 Å². The predicted molar refractivity (Wildman–Crippen MR) is 71.7 cm³/mol. The van der Waals surface area contributed by atoms with Gasteiger partial charge in [0.25, 0.3) is 5.56 Å². The molecule has 0 aliphatic heterocycles. The summed E-state index contributed by atoms with van der Waals surface area (Å²) in [5, 5.41) is 0. The Morgan fingerprint density at radius 3 is 2.72 bits per heavy atom. The van der Waals surface area contributed by atoms with Gasteiger partial charge in [0, 0.05) is 21.7 Å². The summed E-state index contributed by atoms with van der Waals surface area (Å²) in [5.74, 6) is 0. The van der Waals surface area contributed by atoms with E-state index in [0.29, 0.717) is 16.2 Å². The van der Waals surface area contributed by atoms with E-state index in [9.17, 15) is 13.6 Å². The molecule has 1 atom stereocenters. The molecule has 2 aromatic rings. The number of pyridine rings is 1. The molecule has 2 heterocycles. The number of rotatable bonds is 3. The molecule has 0 aliphatic carbocycles. The monoisotopic (exact) mass is 282 g/mol. The van der Waals surface area contributed by atoms with Gasteiger partial charge in [-0.05, 0) is 42.6 Å². The second-order valence-corrected chi connectivity index (χ2v) is 6.12. The number of thiophene rings is 1. The van der Waals surface area contributed by atoms with Crippen LogP contribution in [0.2, 0.25) is 0 Å². The molecule has 0 fully saturated rings. The fourth-order valence-electron chi connectivity index (χ4n) is 1.74. The van der Waals surface area contributed by atoms with Crippen LogP contribution in [0.25, 0.3) is 10.4 Å². The van der Waals surface area contributed by atoms with Crippen LogP contribution < -0.4 is 5.56 Å². The van der Waals surface area contributed by atoms with Gasteiger partial charge in [-0.3, -0.25) is 9.00 Å². The van der Waals surface area contributed by atoms with Gasteiger partial charge in [0.2, 0.25) is 0 Å². The predicted octanol–water partition coefficient (Wildman–Crippen LogP) is 2.21. The first kappa shape index (κ1) is 13.2. The molecule has 0 radical (unpaired) electrons. The fraction of sp³-hybridized carbons (Fsp3) is 0.250. The summed E-state index contributed by atoms with van der Waals surface area (Å²) in [6, 6.07) is 5.16. The first-order chi connectivity index (χ1) is 8.52. The molecule has 0 spiro atoms. The van der Waals surface area contributed by atoms with Crippen LogP contribution in [0.1, 0.15) is 18.2 Å². The minimum absolute atomic E-state index is 0.0806. The molecule has 0 amide bonds. The van der Waals surface area contributed by atoms with Crippen molar-refractivity contribution in [3.05, 3.63) is 39.8 Å². The smallest absolute Gasteiger partial charge is 0.251 e. The zero-order valence-corrected chi connectivity index (χ0v) is 11.6. The van der Waals surface area contributed by atoms with E-state index in [-0.39, 0.29) is 5.56 Å². The van der Waals surface area contributed by atoms with Crippen molar-refractivity contribution in [3.8, 4) is 10.4 Å². The molecule has 96 valence electrons. The zero-order chi connectivity index (χ0) is 13.3. The van der Waals surface area contributed by atoms with Gasteiger partial charge in [-0.15, -0.1) is 11.3 Å². The lowest BCUT2D eigenvalue weighted by molar-refractivity contribution is 0.539. The summed E-state index contributed by atoms with van der Waals surface area (Å²) >= 11 is -1.00. The van der Waals surface area contributed by atoms with Crippen LogP contribution in [0.15, 0.2) is 27.2 Å². The maximum atomic E-state index is 11.6. The third-order valence-electron chi connectivity index (χ3n) is 2.71. The zero-order valence-electron chi connectivity index (χ0n) is 9.98. The normalized spacial score (nSPS) is 12.6. The Morgan fingerprint density at radius 1 is 1.44 bits per heavy atom. The van der Waals surface area contributed by atoms with Gasteiger partial charge in [-0.25, -0.2) is 0 Å². The van der Waals surface area contributed by atoms with Crippen LogP contribution in [0.5, 0.6) is 0 Å². The van der Waals surface area contributed by atoms with Crippen LogP contribution >= 0.6 is 11.3 Å². The van der Waals surface area contributed by atoms with Crippen LogP contribution in [-0.2, 0) is 17.5 Å². The molecule has 0 saturated carbocycles. The number of nitrogens with one attached hydrogen (secondary N) is 1. The molecular formula is C12H12NO3S2-. The molecule has 4 nitrogen and oxygen atoms in total. The molecule has 0 aliphatic rings.